The van der Waals surface area contributed by atoms with Crippen molar-refractivity contribution in [2.24, 2.45) is 29.6 Å². The van der Waals surface area contributed by atoms with Crippen LogP contribution < -0.4 is 0 Å². The van der Waals surface area contributed by atoms with Gasteiger partial charge in [-0.1, -0.05) is 11.6 Å². The van der Waals surface area contributed by atoms with E-state index in [0.717, 1.165) is 29.2 Å². The van der Waals surface area contributed by atoms with E-state index in [4.69, 9.17) is 16.9 Å². The summed E-state index contributed by atoms with van der Waals surface area (Å²) in [5.41, 5.74) is 2.39. The Morgan fingerprint density at radius 3 is 2.00 bits per heavy atom. The van der Waals surface area contributed by atoms with Crippen molar-refractivity contribution >= 4 is 11.6 Å². The predicted octanol–water partition coefficient (Wildman–Crippen LogP) is 3.70. The Hall–Kier alpha value is -0.480. The molecule has 80 valence electrons. The van der Waals surface area contributed by atoms with Crippen LogP contribution in [0.1, 0.15) is 32.1 Å². The Morgan fingerprint density at radius 2 is 1.60 bits per heavy atom. The Labute approximate surface area is 96.1 Å². The molecular weight excluding hydrogens is 206 g/mol. The van der Waals surface area contributed by atoms with E-state index in [-0.39, 0.29) is 0 Å². The average molecular weight is 222 g/mol. The molecule has 4 aliphatic rings. The number of nitrogens with zero attached hydrogens (tertiary/aromatic N) is 1. The summed E-state index contributed by atoms with van der Waals surface area (Å²) in [4.78, 5) is 0. The lowest BCUT2D eigenvalue weighted by molar-refractivity contribution is -0.0190. The monoisotopic (exact) mass is 221 g/mol. The maximum Gasteiger partial charge on any atom is 0.0959 e. The van der Waals surface area contributed by atoms with Gasteiger partial charge in [-0.15, -0.1) is 0 Å². The number of nitriles is 1. The molecule has 4 saturated carbocycles. The molecule has 0 unspecified atom stereocenters. The van der Waals surface area contributed by atoms with E-state index in [9.17, 15) is 0 Å². The van der Waals surface area contributed by atoms with Crippen LogP contribution in [0.15, 0.2) is 11.1 Å². The van der Waals surface area contributed by atoms with Crippen molar-refractivity contribution in [3.8, 4) is 6.07 Å². The quantitative estimate of drug-likeness (QED) is 0.620. The molecule has 0 aromatic heterocycles. The van der Waals surface area contributed by atoms with Crippen LogP contribution in [0.2, 0.25) is 0 Å². The third kappa shape index (κ3) is 1.42. The van der Waals surface area contributed by atoms with Crippen molar-refractivity contribution in [1.29, 1.82) is 5.26 Å². The molecule has 1 nitrogen and oxygen atoms in total. The fraction of sp³-hybridized carbons (Fsp3) is 0.769. The van der Waals surface area contributed by atoms with Gasteiger partial charge in [0.15, 0.2) is 0 Å². The van der Waals surface area contributed by atoms with Gasteiger partial charge in [-0.05, 0) is 55.8 Å². The summed E-state index contributed by atoms with van der Waals surface area (Å²) >= 11 is 5.78. The Kier molecular flexibility index (Phi) is 2.29. The normalized spacial score (nSPS) is 48.0. The van der Waals surface area contributed by atoms with Crippen molar-refractivity contribution in [2.75, 3.05) is 0 Å². The molecule has 4 bridgehead atoms. The molecular formula is C13H16ClN. The first kappa shape index (κ1) is 9.73. The lowest BCUT2D eigenvalue weighted by atomic mass is 9.51. The van der Waals surface area contributed by atoms with E-state index in [1.54, 1.807) is 0 Å². The molecule has 0 N–H and O–H groups in total. The number of halogens is 1. The maximum atomic E-state index is 9.11. The van der Waals surface area contributed by atoms with Crippen molar-refractivity contribution in [2.45, 2.75) is 32.1 Å². The minimum Gasteiger partial charge on any atom is -0.193 e. The van der Waals surface area contributed by atoms with Gasteiger partial charge in [0.2, 0.25) is 0 Å². The molecule has 0 heterocycles. The predicted molar refractivity (Wildman–Crippen MR) is 60.1 cm³/mol. The molecule has 0 spiro atoms. The molecule has 2 heteroatoms. The third-order valence-corrected chi connectivity index (χ3v) is 5.07. The van der Waals surface area contributed by atoms with Crippen LogP contribution >= 0.6 is 11.6 Å². The summed E-state index contributed by atoms with van der Waals surface area (Å²) in [6.07, 6.45) is 6.88. The Bertz CT molecular complexity index is 311. The van der Waals surface area contributed by atoms with E-state index in [2.05, 4.69) is 6.07 Å². The summed E-state index contributed by atoms with van der Waals surface area (Å²) in [5, 5.41) is 9.11. The summed E-state index contributed by atoms with van der Waals surface area (Å²) < 4.78 is 0. The zero-order valence-corrected chi connectivity index (χ0v) is 9.58. The second kappa shape index (κ2) is 3.52. The summed E-state index contributed by atoms with van der Waals surface area (Å²) in [6, 6.07) is 2.31. The van der Waals surface area contributed by atoms with Crippen LogP contribution in [-0.4, -0.2) is 0 Å². The Morgan fingerprint density at radius 1 is 1.07 bits per heavy atom. The van der Waals surface area contributed by atoms with Gasteiger partial charge in [0.05, 0.1) is 6.07 Å². The molecule has 0 radical (unpaired) electrons. The largest absolute Gasteiger partial charge is 0.193 e. The molecule has 4 fully saturated rings. The van der Waals surface area contributed by atoms with Crippen LogP contribution in [0.5, 0.6) is 0 Å². The highest BCUT2D eigenvalue weighted by Crippen LogP contribution is 2.58. The molecule has 0 saturated heterocycles. The van der Waals surface area contributed by atoms with Crippen LogP contribution in [0.3, 0.4) is 0 Å². The van der Waals surface area contributed by atoms with Gasteiger partial charge in [-0.2, -0.15) is 5.26 Å². The number of hydrogen-bond donors (Lipinski definition) is 0. The SMILES string of the molecule is N#C/C(=C\Cl)C1C2CC3CC(C2)CC1C3. The fourth-order valence-electron chi connectivity index (χ4n) is 4.60. The van der Waals surface area contributed by atoms with Crippen LogP contribution in [0.4, 0.5) is 0 Å². The molecule has 0 aliphatic heterocycles. The van der Waals surface area contributed by atoms with Gasteiger partial charge in [-0.25, -0.2) is 0 Å². The van der Waals surface area contributed by atoms with E-state index in [0.29, 0.717) is 5.92 Å². The number of allylic oxidation sites excluding steroid dienone is 1. The highest BCUT2D eigenvalue weighted by molar-refractivity contribution is 6.26. The average Bonchev–Trinajstić information content (AvgIpc) is 2.22. The van der Waals surface area contributed by atoms with Crippen molar-refractivity contribution < 1.29 is 0 Å². The summed E-state index contributed by atoms with van der Waals surface area (Å²) in [7, 11) is 0. The first-order valence-corrected chi connectivity index (χ1v) is 6.45. The zero-order chi connectivity index (χ0) is 10.4. The standard InChI is InChI=1S/C13H16ClN/c14-6-12(7-15)13-10-2-8-1-9(4-10)5-11(13)3-8/h6,8-11,13H,1-5H2/b12-6+. The van der Waals surface area contributed by atoms with Crippen LogP contribution in [-0.2, 0) is 0 Å². The van der Waals surface area contributed by atoms with E-state index >= 15 is 0 Å². The molecule has 0 amide bonds. The second-order valence-electron chi connectivity index (χ2n) is 5.63. The van der Waals surface area contributed by atoms with E-state index in [1.807, 2.05) is 0 Å². The number of hydrogen-bond acceptors (Lipinski definition) is 1. The van der Waals surface area contributed by atoms with Crippen LogP contribution in [0.25, 0.3) is 0 Å². The van der Waals surface area contributed by atoms with E-state index < -0.39 is 0 Å². The Balaban J connectivity index is 1.89. The highest BCUT2D eigenvalue weighted by Gasteiger charge is 2.49. The first-order chi connectivity index (χ1) is 7.31. The summed E-state index contributed by atoms with van der Waals surface area (Å²) in [5.74, 6) is 3.98. The maximum absolute atomic E-state index is 9.11. The van der Waals surface area contributed by atoms with Crippen molar-refractivity contribution in [3.63, 3.8) is 0 Å². The molecule has 0 aromatic rings. The molecule has 4 aliphatic carbocycles. The molecule has 0 aromatic carbocycles. The minimum atomic E-state index is 0.500. The zero-order valence-electron chi connectivity index (χ0n) is 8.82. The van der Waals surface area contributed by atoms with Gasteiger partial charge in [0.1, 0.15) is 0 Å². The van der Waals surface area contributed by atoms with Gasteiger partial charge in [0, 0.05) is 17.0 Å². The molecule has 4 rings (SSSR count). The third-order valence-electron chi connectivity index (χ3n) is 4.83. The molecule has 15 heavy (non-hydrogen) atoms. The van der Waals surface area contributed by atoms with Crippen molar-refractivity contribution in [1.82, 2.24) is 0 Å². The van der Waals surface area contributed by atoms with Crippen molar-refractivity contribution in [3.05, 3.63) is 11.1 Å². The van der Waals surface area contributed by atoms with Gasteiger partial charge >= 0.3 is 0 Å². The highest BCUT2D eigenvalue weighted by atomic mass is 35.5. The van der Waals surface area contributed by atoms with Crippen LogP contribution in [0, 0.1) is 40.9 Å². The minimum absolute atomic E-state index is 0.500. The van der Waals surface area contributed by atoms with E-state index in [1.165, 1.54) is 37.6 Å². The lowest BCUT2D eigenvalue weighted by Gasteiger charge is -2.54. The fourth-order valence-corrected chi connectivity index (χ4v) is 4.80. The van der Waals surface area contributed by atoms with Gasteiger partial charge in [-0.3, -0.25) is 0 Å². The lowest BCUT2D eigenvalue weighted by Crippen LogP contribution is -2.45. The second-order valence-corrected chi connectivity index (χ2v) is 5.85. The van der Waals surface area contributed by atoms with Gasteiger partial charge in [0.25, 0.3) is 0 Å². The topological polar surface area (TPSA) is 23.8 Å². The first-order valence-electron chi connectivity index (χ1n) is 6.02. The summed E-state index contributed by atoms with van der Waals surface area (Å²) in [6.45, 7) is 0. The molecule has 0 atom stereocenters. The van der Waals surface area contributed by atoms with Gasteiger partial charge < -0.3 is 0 Å². The number of rotatable bonds is 1. The smallest absolute Gasteiger partial charge is 0.0959 e.